The van der Waals surface area contributed by atoms with Gasteiger partial charge in [0, 0.05) is 25.4 Å². The lowest BCUT2D eigenvalue weighted by molar-refractivity contribution is -0.145. The van der Waals surface area contributed by atoms with E-state index in [1.807, 2.05) is 18.2 Å². The predicted octanol–water partition coefficient (Wildman–Crippen LogP) is 2.07. The Hall–Kier alpha value is -2.41. The molecule has 0 spiro atoms. The minimum atomic E-state index is -0.516. The molecule has 7 nitrogen and oxygen atoms in total. The molecule has 1 saturated heterocycles. The highest BCUT2D eigenvalue weighted by atomic mass is 16.5. The Kier molecular flexibility index (Phi) is 9.34. The second kappa shape index (κ2) is 12.1. The maximum Gasteiger partial charge on any atom is 0.315 e. The number of pyridine rings is 1. The quantitative estimate of drug-likeness (QED) is 0.383. The van der Waals surface area contributed by atoms with E-state index in [0.29, 0.717) is 19.0 Å². The molecular weight excluding hydrogens is 346 g/mol. The van der Waals surface area contributed by atoms with Gasteiger partial charge in [0.05, 0.1) is 6.61 Å². The van der Waals surface area contributed by atoms with Crippen molar-refractivity contribution in [2.24, 2.45) is 0 Å². The molecule has 0 radical (unpaired) electrons. The normalized spacial score (nSPS) is 14.9. The number of ether oxygens (including phenoxy) is 2. The van der Waals surface area contributed by atoms with Crippen molar-refractivity contribution in [3.8, 4) is 5.88 Å². The van der Waals surface area contributed by atoms with Crippen LogP contribution < -0.4 is 10.1 Å². The zero-order chi connectivity index (χ0) is 19.3. The van der Waals surface area contributed by atoms with Gasteiger partial charge in [-0.15, -0.1) is 0 Å². The van der Waals surface area contributed by atoms with Gasteiger partial charge in [0.25, 0.3) is 0 Å². The molecule has 1 aliphatic rings. The van der Waals surface area contributed by atoms with Crippen LogP contribution >= 0.6 is 0 Å². The number of rotatable bonds is 10. The van der Waals surface area contributed by atoms with Crippen LogP contribution in [-0.4, -0.2) is 54.6 Å². The highest BCUT2D eigenvalue weighted by molar-refractivity contribution is 5.94. The maximum absolute atomic E-state index is 11.5. The van der Waals surface area contributed by atoms with E-state index < -0.39 is 5.97 Å². The standard InChI is InChI=1S/C20H29N3O4/c1-2-26-20(25)15-18(24)21-9-4-7-13-27-19-14-17(8-10-22-19)16-23-11-5-3-6-12-23/h4,7-8,10,14H,2-3,5-6,9,11-13,15-16H2,1H3,(H,21,24)/b7-4-. The first-order valence-electron chi connectivity index (χ1n) is 9.54. The number of carbonyl (C=O) groups excluding carboxylic acids is 2. The predicted molar refractivity (Wildman–Crippen MR) is 102 cm³/mol. The minimum absolute atomic E-state index is 0.258. The number of nitrogens with one attached hydrogen (secondary N) is 1. The minimum Gasteiger partial charge on any atom is -0.473 e. The summed E-state index contributed by atoms with van der Waals surface area (Å²) in [5.41, 5.74) is 1.21. The van der Waals surface area contributed by atoms with Crippen LogP contribution in [0.4, 0.5) is 0 Å². The fourth-order valence-corrected chi connectivity index (χ4v) is 2.87. The third-order valence-electron chi connectivity index (χ3n) is 4.18. The Morgan fingerprint density at radius 1 is 1.26 bits per heavy atom. The summed E-state index contributed by atoms with van der Waals surface area (Å²) in [5, 5.41) is 2.62. The Morgan fingerprint density at radius 3 is 2.85 bits per heavy atom. The van der Waals surface area contributed by atoms with E-state index in [0.717, 1.165) is 19.6 Å². The second-order valence-corrected chi connectivity index (χ2v) is 6.41. The zero-order valence-electron chi connectivity index (χ0n) is 16.0. The average molecular weight is 375 g/mol. The van der Waals surface area contributed by atoms with Crippen molar-refractivity contribution in [1.29, 1.82) is 0 Å². The number of carbonyl (C=O) groups is 2. The number of hydrogen-bond acceptors (Lipinski definition) is 6. The molecule has 0 bridgehead atoms. The van der Waals surface area contributed by atoms with Gasteiger partial charge in [0.1, 0.15) is 13.0 Å². The molecule has 1 aromatic rings. The molecule has 148 valence electrons. The van der Waals surface area contributed by atoms with Crippen molar-refractivity contribution in [2.75, 3.05) is 32.8 Å². The van der Waals surface area contributed by atoms with Crippen molar-refractivity contribution in [3.05, 3.63) is 36.0 Å². The van der Waals surface area contributed by atoms with Crippen LogP contribution in [0.25, 0.3) is 0 Å². The molecule has 0 atom stereocenters. The van der Waals surface area contributed by atoms with Gasteiger partial charge < -0.3 is 14.8 Å². The molecule has 27 heavy (non-hydrogen) atoms. The molecule has 1 aliphatic heterocycles. The van der Waals surface area contributed by atoms with Crippen LogP contribution in [0.3, 0.4) is 0 Å². The van der Waals surface area contributed by atoms with Crippen molar-refractivity contribution in [3.63, 3.8) is 0 Å². The van der Waals surface area contributed by atoms with E-state index in [-0.39, 0.29) is 18.9 Å². The number of esters is 1. The Morgan fingerprint density at radius 2 is 2.07 bits per heavy atom. The number of piperidine rings is 1. The van der Waals surface area contributed by atoms with E-state index >= 15 is 0 Å². The van der Waals surface area contributed by atoms with Gasteiger partial charge in [0.15, 0.2) is 0 Å². The van der Waals surface area contributed by atoms with Gasteiger partial charge in [-0.05, 0) is 50.6 Å². The van der Waals surface area contributed by atoms with Crippen LogP contribution in [0.1, 0.15) is 38.2 Å². The van der Waals surface area contributed by atoms with Crippen LogP contribution in [0, 0.1) is 0 Å². The lowest BCUT2D eigenvalue weighted by Crippen LogP contribution is -2.29. The molecule has 1 fully saturated rings. The van der Waals surface area contributed by atoms with E-state index in [1.54, 1.807) is 19.2 Å². The van der Waals surface area contributed by atoms with Crippen LogP contribution in [0.2, 0.25) is 0 Å². The summed E-state index contributed by atoms with van der Waals surface area (Å²) in [6, 6.07) is 4.00. The topological polar surface area (TPSA) is 80.8 Å². The Bertz CT molecular complexity index is 627. The molecule has 1 aromatic heterocycles. The summed E-state index contributed by atoms with van der Waals surface area (Å²) >= 11 is 0. The number of likely N-dealkylation sites (tertiary alicyclic amines) is 1. The van der Waals surface area contributed by atoms with Gasteiger partial charge >= 0.3 is 5.97 Å². The number of hydrogen-bond donors (Lipinski definition) is 1. The van der Waals surface area contributed by atoms with Crippen molar-refractivity contribution >= 4 is 11.9 Å². The van der Waals surface area contributed by atoms with Crippen molar-refractivity contribution < 1.29 is 19.1 Å². The smallest absolute Gasteiger partial charge is 0.315 e. The van der Waals surface area contributed by atoms with Gasteiger partial charge in [-0.3, -0.25) is 14.5 Å². The number of amides is 1. The first-order chi connectivity index (χ1) is 13.2. The Labute approximate surface area is 160 Å². The zero-order valence-corrected chi connectivity index (χ0v) is 16.0. The second-order valence-electron chi connectivity index (χ2n) is 6.41. The summed E-state index contributed by atoms with van der Waals surface area (Å²) in [5.74, 6) is -0.274. The summed E-state index contributed by atoms with van der Waals surface area (Å²) in [4.78, 5) is 29.4. The molecule has 2 rings (SSSR count). The summed E-state index contributed by atoms with van der Waals surface area (Å²) in [6.07, 6.45) is 8.98. The SMILES string of the molecule is CCOC(=O)CC(=O)NC/C=C\COc1cc(CN2CCCCC2)ccn1. The lowest BCUT2D eigenvalue weighted by Gasteiger charge is -2.26. The van der Waals surface area contributed by atoms with Crippen LogP contribution in [-0.2, 0) is 20.9 Å². The average Bonchev–Trinajstić information content (AvgIpc) is 2.66. The third kappa shape index (κ3) is 8.68. The lowest BCUT2D eigenvalue weighted by atomic mass is 10.1. The highest BCUT2D eigenvalue weighted by Crippen LogP contribution is 2.15. The first-order valence-corrected chi connectivity index (χ1v) is 9.54. The molecule has 2 heterocycles. The van der Waals surface area contributed by atoms with Crippen LogP contribution in [0.15, 0.2) is 30.5 Å². The third-order valence-corrected chi connectivity index (χ3v) is 4.18. The van der Waals surface area contributed by atoms with E-state index in [9.17, 15) is 9.59 Å². The number of nitrogens with zero attached hydrogens (tertiary/aromatic N) is 2. The molecule has 0 unspecified atom stereocenters. The molecule has 1 amide bonds. The van der Waals surface area contributed by atoms with Gasteiger partial charge in [0.2, 0.25) is 11.8 Å². The van der Waals surface area contributed by atoms with Gasteiger partial charge in [-0.2, -0.15) is 0 Å². The molecule has 7 heteroatoms. The summed E-state index contributed by atoms with van der Waals surface area (Å²) in [6.45, 7) is 5.93. The summed E-state index contributed by atoms with van der Waals surface area (Å²) in [7, 11) is 0. The number of aromatic nitrogens is 1. The molecule has 0 saturated carbocycles. The molecule has 0 aromatic carbocycles. The fourth-order valence-electron chi connectivity index (χ4n) is 2.87. The highest BCUT2D eigenvalue weighted by Gasteiger charge is 2.11. The molecule has 1 N–H and O–H groups in total. The van der Waals surface area contributed by atoms with Gasteiger partial charge in [-0.1, -0.05) is 12.5 Å². The van der Waals surface area contributed by atoms with E-state index in [4.69, 9.17) is 9.47 Å². The monoisotopic (exact) mass is 375 g/mol. The van der Waals surface area contributed by atoms with E-state index in [1.165, 1.54) is 24.8 Å². The van der Waals surface area contributed by atoms with Gasteiger partial charge in [-0.25, -0.2) is 4.98 Å². The Balaban J connectivity index is 1.64. The fraction of sp³-hybridized carbons (Fsp3) is 0.550. The van der Waals surface area contributed by atoms with E-state index in [2.05, 4.69) is 15.2 Å². The molecular formula is C20H29N3O4. The van der Waals surface area contributed by atoms with Crippen molar-refractivity contribution in [2.45, 2.75) is 39.2 Å². The summed E-state index contributed by atoms with van der Waals surface area (Å²) < 4.78 is 10.4. The van der Waals surface area contributed by atoms with Crippen LogP contribution in [0.5, 0.6) is 5.88 Å². The van der Waals surface area contributed by atoms with Crippen molar-refractivity contribution in [1.82, 2.24) is 15.2 Å². The first kappa shape index (κ1) is 20.9. The largest absolute Gasteiger partial charge is 0.473 e. The molecule has 0 aliphatic carbocycles. The maximum atomic E-state index is 11.5.